The van der Waals surface area contributed by atoms with Crippen LogP contribution in [0.15, 0.2) is 59.7 Å². The lowest BCUT2D eigenvalue weighted by atomic mass is 10.1. The van der Waals surface area contributed by atoms with Crippen LogP contribution in [0.4, 0.5) is 17.6 Å². The smallest absolute Gasteiger partial charge is 0.247 e. The summed E-state index contributed by atoms with van der Waals surface area (Å²) in [5.41, 5.74) is 16.7. The Kier molecular flexibility index (Phi) is 8.41. The fourth-order valence-corrected chi connectivity index (χ4v) is 3.89. The Bertz CT molecular complexity index is 1880. The summed E-state index contributed by atoms with van der Waals surface area (Å²) in [6.45, 7) is 6.06. The van der Waals surface area contributed by atoms with Crippen molar-refractivity contribution in [3.63, 3.8) is 0 Å². The fraction of sp³-hybridized carbons (Fsp3) is 0.179. The van der Waals surface area contributed by atoms with Crippen molar-refractivity contribution >= 4 is 45.8 Å². The number of hydrogen-bond acceptors (Lipinski definition) is 14. The molecule has 0 aliphatic carbocycles. The lowest BCUT2D eigenvalue weighted by Gasteiger charge is -2.08. The van der Waals surface area contributed by atoms with Crippen molar-refractivity contribution in [3.8, 4) is 34.3 Å². The first kappa shape index (κ1) is 28.5. The van der Waals surface area contributed by atoms with Gasteiger partial charge in [0, 0.05) is 23.7 Å². The summed E-state index contributed by atoms with van der Waals surface area (Å²) >= 11 is 0. The van der Waals surface area contributed by atoms with Crippen LogP contribution in [0.1, 0.15) is 20.8 Å². The monoisotopic (exact) mass is 581 g/mol. The van der Waals surface area contributed by atoms with Gasteiger partial charge >= 0.3 is 0 Å². The first-order valence-corrected chi connectivity index (χ1v) is 13.1. The molecule has 0 saturated carbocycles. The van der Waals surface area contributed by atoms with Crippen LogP contribution in [0.25, 0.3) is 44.8 Å². The maximum Gasteiger partial charge on any atom is 0.247 e. The van der Waals surface area contributed by atoms with Crippen LogP contribution in [0.3, 0.4) is 0 Å². The van der Waals surface area contributed by atoms with Crippen molar-refractivity contribution in [2.24, 2.45) is 0 Å². The van der Waals surface area contributed by atoms with Crippen LogP contribution in [0.5, 0.6) is 11.8 Å². The lowest BCUT2D eigenvalue weighted by Crippen LogP contribution is -2.05. The van der Waals surface area contributed by atoms with Crippen molar-refractivity contribution in [2.75, 3.05) is 30.0 Å². The third-order valence-electron chi connectivity index (χ3n) is 5.66. The van der Waals surface area contributed by atoms with E-state index in [0.717, 1.165) is 11.1 Å². The molecule has 0 spiro atoms. The van der Waals surface area contributed by atoms with Crippen LogP contribution in [-0.4, -0.2) is 59.0 Å². The molecule has 1 aromatic carbocycles. The third kappa shape index (κ3) is 6.67. The molecule has 1 amide bonds. The molecule has 5 N–H and O–H groups in total. The number of rotatable bonds is 7. The summed E-state index contributed by atoms with van der Waals surface area (Å²) in [7, 11) is 0. The number of anilines is 3. The van der Waals surface area contributed by atoms with Gasteiger partial charge in [-0.3, -0.25) is 4.79 Å². The maximum absolute atomic E-state index is 11.1. The molecule has 6 rings (SSSR count). The van der Waals surface area contributed by atoms with Crippen LogP contribution in [0.2, 0.25) is 0 Å². The van der Waals surface area contributed by atoms with Crippen molar-refractivity contribution < 1.29 is 18.7 Å². The molecule has 5 aromatic heterocycles. The number of nitrogens with two attached hydrogens (primary N) is 2. The zero-order valence-corrected chi connectivity index (χ0v) is 23.5. The molecule has 0 unspecified atom stereocenters. The number of ether oxygens (including phenoxy) is 2. The van der Waals surface area contributed by atoms with Gasteiger partial charge in [0.2, 0.25) is 29.6 Å². The Labute approximate surface area is 244 Å². The number of carbonyl (C=O) groups excluding carboxylic acids is 1. The molecule has 0 saturated heterocycles. The molecule has 15 heteroatoms. The van der Waals surface area contributed by atoms with E-state index in [1.807, 2.05) is 26.0 Å². The highest BCUT2D eigenvalue weighted by molar-refractivity contribution is 5.89. The molecule has 0 radical (unpaired) electrons. The Hall–Kier alpha value is -5.99. The van der Waals surface area contributed by atoms with Crippen molar-refractivity contribution in [1.82, 2.24) is 39.9 Å². The van der Waals surface area contributed by atoms with E-state index >= 15 is 0 Å². The summed E-state index contributed by atoms with van der Waals surface area (Å²) in [6.07, 6.45) is 6.38. The molecule has 0 atom stereocenters. The van der Waals surface area contributed by atoms with Gasteiger partial charge in [-0.15, -0.1) is 0 Å². The maximum atomic E-state index is 11.1. The number of nitrogens with zero attached hydrogens (tertiary/aromatic N) is 8. The van der Waals surface area contributed by atoms with Gasteiger partial charge < -0.3 is 30.7 Å². The molecule has 15 nitrogen and oxygen atoms in total. The SMILES string of the molecule is CCOc1nc(N)nc2ncc(-c3ccc(NC(C)=O)cc3)nc12.CCOc1nc(N)nc2ncc(-c3ccoc3)nc12. The van der Waals surface area contributed by atoms with Gasteiger partial charge in [0.1, 0.15) is 0 Å². The van der Waals surface area contributed by atoms with Crippen LogP contribution in [-0.2, 0) is 4.79 Å². The van der Waals surface area contributed by atoms with E-state index in [2.05, 4.69) is 45.2 Å². The largest absolute Gasteiger partial charge is 0.476 e. The highest BCUT2D eigenvalue weighted by atomic mass is 16.5. The van der Waals surface area contributed by atoms with Crippen molar-refractivity contribution in [3.05, 3.63) is 55.3 Å². The lowest BCUT2D eigenvalue weighted by molar-refractivity contribution is -0.114. The van der Waals surface area contributed by atoms with E-state index < -0.39 is 0 Å². The molecule has 0 bridgehead atoms. The first-order chi connectivity index (χ1) is 20.8. The van der Waals surface area contributed by atoms with Gasteiger partial charge in [0.25, 0.3) is 0 Å². The Morgan fingerprint density at radius 2 is 1.30 bits per heavy atom. The summed E-state index contributed by atoms with van der Waals surface area (Å²) in [4.78, 5) is 44.8. The van der Waals surface area contributed by atoms with Gasteiger partial charge in [-0.25, -0.2) is 19.9 Å². The molecule has 6 aromatic rings. The standard InChI is InChI=1S/C16H16N6O2.C12H11N5O2/c1-3-24-15-13-14(21-16(17)22-15)18-8-12(20-13)10-4-6-11(7-5-10)19-9(2)23;1-2-19-11-9-10(16-12(13)17-11)14-5-8(15-9)7-3-4-18-6-7/h4-8H,3H2,1-2H3,(H,19,23)(H2,17,18,21,22);3-6H,2H2,1H3,(H2,13,14,16,17). The molecule has 43 heavy (non-hydrogen) atoms. The molecule has 0 fully saturated rings. The van der Waals surface area contributed by atoms with Gasteiger partial charge in [-0.2, -0.15) is 19.9 Å². The number of nitrogens with one attached hydrogen (secondary N) is 1. The van der Waals surface area contributed by atoms with E-state index in [4.69, 9.17) is 25.4 Å². The Morgan fingerprint density at radius 1 is 0.767 bits per heavy atom. The zero-order chi connectivity index (χ0) is 30.3. The summed E-state index contributed by atoms with van der Waals surface area (Å²) in [6, 6.07) is 9.09. The zero-order valence-electron chi connectivity index (χ0n) is 23.5. The van der Waals surface area contributed by atoms with Gasteiger partial charge in [-0.1, -0.05) is 12.1 Å². The minimum absolute atomic E-state index is 0.0904. The van der Waals surface area contributed by atoms with Crippen LogP contribution in [0, 0.1) is 0 Å². The number of hydrogen-bond donors (Lipinski definition) is 3. The van der Waals surface area contributed by atoms with E-state index in [1.165, 1.54) is 6.92 Å². The Balaban J connectivity index is 0.000000176. The number of carbonyl (C=O) groups is 1. The van der Waals surface area contributed by atoms with E-state index in [1.54, 1.807) is 43.1 Å². The molecular formula is C28H27N11O4. The number of aromatic nitrogens is 8. The number of benzene rings is 1. The summed E-state index contributed by atoms with van der Waals surface area (Å²) < 4.78 is 15.9. The fourth-order valence-electron chi connectivity index (χ4n) is 3.89. The minimum atomic E-state index is -0.121. The van der Waals surface area contributed by atoms with Crippen molar-refractivity contribution in [1.29, 1.82) is 0 Å². The number of amides is 1. The second kappa shape index (κ2) is 12.7. The number of nitrogen functional groups attached to an aromatic ring is 2. The second-order valence-electron chi connectivity index (χ2n) is 8.77. The summed E-state index contributed by atoms with van der Waals surface area (Å²) in [5, 5.41) is 2.72. The van der Waals surface area contributed by atoms with Gasteiger partial charge in [0.05, 0.1) is 49.5 Å². The van der Waals surface area contributed by atoms with Gasteiger partial charge in [0.15, 0.2) is 22.3 Å². The van der Waals surface area contributed by atoms with E-state index in [9.17, 15) is 4.79 Å². The molecule has 218 valence electrons. The van der Waals surface area contributed by atoms with Crippen LogP contribution < -0.4 is 26.3 Å². The average molecular weight is 582 g/mol. The quantitative estimate of drug-likeness (QED) is 0.245. The second-order valence-corrected chi connectivity index (χ2v) is 8.77. The molecule has 5 heterocycles. The molecule has 0 aliphatic rings. The normalized spacial score (nSPS) is 10.7. The highest BCUT2D eigenvalue weighted by Gasteiger charge is 2.13. The Morgan fingerprint density at radius 3 is 1.77 bits per heavy atom. The predicted octanol–water partition coefficient (Wildman–Crippen LogP) is 3.69. The number of furan rings is 1. The topological polar surface area (TPSA) is 216 Å². The van der Waals surface area contributed by atoms with Crippen molar-refractivity contribution in [2.45, 2.75) is 20.8 Å². The minimum Gasteiger partial charge on any atom is -0.476 e. The average Bonchev–Trinajstić information content (AvgIpc) is 3.53. The van der Waals surface area contributed by atoms with E-state index in [-0.39, 0.29) is 17.8 Å². The molecular weight excluding hydrogens is 554 g/mol. The third-order valence-corrected chi connectivity index (χ3v) is 5.66. The van der Waals surface area contributed by atoms with Gasteiger partial charge in [-0.05, 0) is 32.0 Å². The highest BCUT2D eigenvalue weighted by Crippen LogP contribution is 2.26. The molecule has 0 aliphatic heterocycles. The predicted molar refractivity (Wildman–Crippen MR) is 159 cm³/mol. The first-order valence-electron chi connectivity index (χ1n) is 13.1. The van der Waals surface area contributed by atoms with E-state index in [0.29, 0.717) is 64.4 Å². The van der Waals surface area contributed by atoms with Crippen LogP contribution >= 0.6 is 0 Å². The number of fused-ring (bicyclic) bond motifs is 2. The summed E-state index contributed by atoms with van der Waals surface area (Å²) in [5.74, 6) is 0.727.